The first kappa shape index (κ1) is 8.28. The van der Waals surface area contributed by atoms with Gasteiger partial charge in [0.05, 0.1) is 5.92 Å². The Kier molecular flexibility index (Phi) is 2.15. The molecule has 0 spiro atoms. The molecule has 0 aromatic rings. The molecule has 0 radical (unpaired) electrons. The maximum absolute atomic E-state index is 11.0. The summed E-state index contributed by atoms with van der Waals surface area (Å²) in [7, 11) is 0. The van der Waals surface area contributed by atoms with E-state index in [-0.39, 0.29) is 18.0 Å². The molecule has 2 nitrogen and oxygen atoms in total. The van der Waals surface area contributed by atoms with Crippen molar-refractivity contribution in [3.8, 4) is 0 Å². The van der Waals surface area contributed by atoms with Crippen LogP contribution in [0.15, 0.2) is 10.2 Å². The number of esters is 1. The smallest absolute Gasteiger partial charge is 0.311 e. The van der Waals surface area contributed by atoms with Gasteiger partial charge < -0.3 is 4.74 Å². The van der Waals surface area contributed by atoms with Crippen LogP contribution in [0.4, 0.5) is 0 Å². The summed E-state index contributed by atoms with van der Waals surface area (Å²) in [6.07, 6.45) is 2.02. The van der Waals surface area contributed by atoms with Crippen LogP contribution in [0.5, 0.6) is 0 Å². The molecule has 2 rings (SSSR count). The summed E-state index contributed by atoms with van der Waals surface area (Å²) in [5.41, 5.74) is 0. The molecule has 0 aromatic carbocycles. The summed E-state index contributed by atoms with van der Waals surface area (Å²) in [4.78, 5) is 11.0. The molecule has 0 unspecified atom stereocenters. The normalized spacial score (nSPS) is 47.6. The minimum atomic E-state index is -0.00565. The number of hydrogen-bond donors (Lipinski definition) is 0. The summed E-state index contributed by atoms with van der Waals surface area (Å²) in [6, 6.07) is 0. The van der Waals surface area contributed by atoms with Crippen LogP contribution in [0.2, 0.25) is 0 Å². The highest BCUT2D eigenvalue weighted by Gasteiger charge is 2.63. The van der Waals surface area contributed by atoms with Gasteiger partial charge in [-0.3, -0.25) is 4.79 Å². The highest BCUT2D eigenvalue weighted by Crippen LogP contribution is 2.54. The van der Waals surface area contributed by atoms with Crippen molar-refractivity contribution in [1.29, 1.82) is 0 Å². The van der Waals surface area contributed by atoms with E-state index in [9.17, 15) is 4.79 Å². The van der Waals surface area contributed by atoms with E-state index in [2.05, 4.69) is 45.2 Å². The minimum Gasteiger partial charge on any atom is -0.457 e. The maximum atomic E-state index is 11.0. The van der Waals surface area contributed by atoms with Gasteiger partial charge in [-0.25, -0.2) is 0 Å². The van der Waals surface area contributed by atoms with E-state index < -0.39 is 0 Å². The molecule has 1 saturated heterocycles. The zero-order valence-corrected chi connectivity index (χ0v) is 9.85. The van der Waals surface area contributed by atoms with Crippen LogP contribution in [-0.2, 0) is 9.53 Å². The van der Waals surface area contributed by atoms with Crippen molar-refractivity contribution in [1.82, 2.24) is 0 Å². The van der Waals surface area contributed by atoms with Crippen LogP contribution in [0.1, 0.15) is 0 Å². The van der Waals surface area contributed by atoms with Gasteiger partial charge in [-0.15, -0.1) is 0 Å². The van der Waals surface area contributed by atoms with Crippen LogP contribution < -0.4 is 0 Å². The highest BCUT2D eigenvalue weighted by atomic mass is 127. The number of carbonyl (C=O) groups is 1. The van der Waals surface area contributed by atoms with Crippen molar-refractivity contribution >= 4 is 51.2 Å². The average Bonchev–Trinajstić information content (AvgIpc) is 2.48. The second-order valence-electron chi connectivity index (χ2n) is 2.77. The van der Waals surface area contributed by atoms with Crippen molar-refractivity contribution in [2.45, 2.75) is 10.0 Å². The molecule has 60 valence electrons. The van der Waals surface area contributed by atoms with Gasteiger partial charge >= 0.3 is 5.97 Å². The van der Waals surface area contributed by atoms with Crippen LogP contribution in [0, 0.1) is 11.8 Å². The van der Waals surface area contributed by atoms with Gasteiger partial charge in [0.2, 0.25) is 0 Å². The third-order valence-corrected chi connectivity index (χ3v) is 4.17. The molecule has 0 aromatic heterocycles. The van der Waals surface area contributed by atoms with Gasteiger partial charge in [0, 0.05) is 9.84 Å². The lowest BCUT2D eigenvalue weighted by Crippen LogP contribution is -2.13. The molecule has 11 heavy (non-hydrogen) atoms. The maximum Gasteiger partial charge on any atom is 0.311 e. The van der Waals surface area contributed by atoms with Crippen LogP contribution in [-0.4, -0.2) is 16.0 Å². The fraction of sp³-hybridized carbons (Fsp3) is 0.571. The number of halogens is 2. The molecule has 1 aliphatic carbocycles. The van der Waals surface area contributed by atoms with E-state index in [0.717, 1.165) is 0 Å². The molecule has 0 N–H and O–H groups in total. The van der Waals surface area contributed by atoms with E-state index >= 15 is 0 Å². The molecule has 4 heteroatoms. The quantitative estimate of drug-likeness (QED) is 0.397. The standard InChI is InChI=1S/C7H6I2O2/c8-2-1-3-4-5(6(4)9)7(10)11-3/h1-6H/b2-1-/t3-,4-,5+,6+/m0/s1. The number of carbonyl (C=O) groups excluding carboxylic acids is 1. The van der Waals surface area contributed by atoms with Crippen molar-refractivity contribution < 1.29 is 9.53 Å². The van der Waals surface area contributed by atoms with E-state index in [4.69, 9.17) is 4.74 Å². The summed E-state index contributed by atoms with van der Waals surface area (Å²) >= 11 is 4.47. The Morgan fingerprint density at radius 3 is 2.73 bits per heavy atom. The fourth-order valence-electron chi connectivity index (χ4n) is 1.50. The number of cyclic esters (lactones) is 1. The predicted octanol–water partition coefficient (Wildman–Crippen LogP) is 1.91. The Bertz CT molecular complexity index is 226. The zero-order chi connectivity index (χ0) is 8.01. The lowest BCUT2D eigenvalue weighted by molar-refractivity contribution is -0.143. The number of hydrogen-bond acceptors (Lipinski definition) is 2. The van der Waals surface area contributed by atoms with E-state index in [1.807, 2.05) is 10.2 Å². The molecule has 2 fully saturated rings. The molecule has 1 aliphatic heterocycles. The third kappa shape index (κ3) is 1.22. The Balaban J connectivity index is 2.11. The monoisotopic (exact) mass is 376 g/mol. The summed E-state index contributed by atoms with van der Waals surface area (Å²) in [5, 5.41) is 0. The van der Waals surface area contributed by atoms with Gasteiger partial charge in [0.25, 0.3) is 0 Å². The summed E-state index contributed by atoms with van der Waals surface area (Å²) < 4.78 is 7.54. The highest BCUT2D eigenvalue weighted by molar-refractivity contribution is 14.1. The van der Waals surface area contributed by atoms with Gasteiger partial charge in [-0.05, 0) is 10.2 Å². The first-order chi connectivity index (χ1) is 5.25. The number of fused-ring (bicyclic) bond motifs is 1. The largest absolute Gasteiger partial charge is 0.457 e. The number of alkyl halides is 1. The molecule has 1 heterocycles. The van der Waals surface area contributed by atoms with Gasteiger partial charge in [0.15, 0.2) is 0 Å². The third-order valence-electron chi connectivity index (χ3n) is 2.15. The van der Waals surface area contributed by atoms with E-state index in [0.29, 0.717) is 9.84 Å². The van der Waals surface area contributed by atoms with Crippen LogP contribution in [0.3, 0.4) is 0 Å². The van der Waals surface area contributed by atoms with Gasteiger partial charge in [0.1, 0.15) is 6.10 Å². The molecular weight excluding hydrogens is 370 g/mol. The van der Waals surface area contributed by atoms with Crippen molar-refractivity contribution in [2.24, 2.45) is 11.8 Å². The average molecular weight is 376 g/mol. The second-order valence-corrected chi connectivity index (χ2v) is 4.92. The second kappa shape index (κ2) is 2.86. The van der Waals surface area contributed by atoms with Crippen LogP contribution in [0.25, 0.3) is 0 Å². The van der Waals surface area contributed by atoms with Gasteiger partial charge in [-0.2, -0.15) is 0 Å². The lowest BCUT2D eigenvalue weighted by Gasteiger charge is -2.06. The Morgan fingerprint density at radius 1 is 1.55 bits per heavy atom. The van der Waals surface area contributed by atoms with Crippen molar-refractivity contribution in [3.05, 3.63) is 10.2 Å². The summed E-state index contributed by atoms with van der Waals surface area (Å²) in [5.74, 6) is 0.663. The first-order valence-corrected chi connectivity index (χ1v) is 5.86. The van der Waals surface area contributed by atoms with Crippen molar-refractivity contribution in [3.63, 3.8) is 0 Å². The lowest BCUT2D eigenvalue weighted by atomic mass is 10.2. The minimum absolute atomic E-state index is 0.00565. The molecule has 1 saturated carbocycles. The molecule has 0 amide bonds. The Morgan fingerprint density at radius 2 is 2.27 bits per heavy atom. The molecule has 0 bridgehead atoms. The van der Waals surface area contributed by atoms with E-state index in [1.165, 1.54) is 0 Å². The first-order valence-electron chi connectivity index (χ1n) is 3.37. The Labute approximate surface area is 92.0 Å². The topological polar surface area (TPSA) is 26.3 Å². The molecule has 2 aliphatic rings. The fourth-order valence-corrected chi connectivity index (χ4v) is 3.30. The van der Waals surface area contributed by atoms with Gasteiger partial charge in [-0.1, -0.05) is 45.2 Å². The predicted molar refractivity (Wildman–Crippen MR) is 57.8 cm³/mol. The van der Waals surface area contributed by atoms with Crippen LogP contribution >= 0.6 is 45.2 Å². The number of rotatable bonds is 1. The molecule has 4 atom stereocenters. The summed E-state index contributed by atoms with van der Waals surface area (Å²) in [6.45, 7) is 0. The number of ether oxygens (including phenoxy) is 1. The van der Waals surface area contributed by atoms with Crippen molar-refractivity contribution in [2.75, 3.05) is 0 Å². The molecular formula is C7H6I2O2. The SMILES string of the molecule is O=C1O[C@@H](/C=C\I)[C@@H]2[C@@H](I)[C@H]12. The zero-order valence-electron chi connectivity index (χ0n) is 5.54. The van der Waals surface area contributed by atoms with E-state index in [1.54, 1.807) is 0 Å². The Hall–Kier alpha value is 0.670.